The van der Waals surface area contributed by atoms with E-state index in [1.54, 1.807) is 0 Å². The number of aryl methyl sites for hydroxylation is 1. The second-order valence-corrected chi connectivity index (χ2v) is 7.25. The Balaban J connectivity index is 2.80. The van der Waals surface area contributed by atoms with E-state index >= 15 is 0 Å². The van der Waals surface area contributed by atoms with E-state index in [-0.39, 0.29) is 11.0 Å². The average Bonchev–Trinajstić information content (AvgIpc) is 2.23. The molecule has 0 aliphatic rings. The van der Waals surface area contributed by atoms with Gasteiger partial charge in [-0.1, -0.05) is 51.1 Å². The number of nitrogens with two attached hydrogens (primary N) is 1. The van der Waals surface area contributed by atoms with Gasteiger partial charge < -0.3 is 5.73 Å². The molecule has 0 unspecified atom stereocenters. The summed E-state index contributed by atoms with van der Waals surface area (Å²) in [5.41, 5.74) is 10.2. The molecule has 1 heteroatoms. The van der Waals surface area contributed by atoms with E-state index in [0.717, 1.165) is 12.8 Å². The van der Waals surface area contributed by atoms with E-state index in [1.165, 1.54) is 16.7 Å². The van der Waals surface area contributed by atoms with E-state index in [4.69, 9.17) is 5.73 Å². The molecule has 1 rings (SSSR count). The van der Waals surface area contributed by atoms with Gasteiger partial charge in [0.1, 0.15) is 0 Å². The van der Waals surface area contributed by atoms with Gasteiger partial charge in [0, 0.05) is 5.54 Å². The summed E-state index contributed by atoms with van der Waals surface area (Å²) < 4.78 is 0. The molecule has 0 atom stereocenters. The maximum Gasteiger partial charge on any atom is 0.01000 e. The van der Waals surface area contributed by atoms with Gasteiger partial charge in [0.2, 0.25) is 0 Å². The Kier molecular flexibility index (Phi) is 4.98. The molecule has 0 amide bonds. The maximum absolute atomic E-state index is 5.99. The van der Waals surface area contributed by atoms with Gasteiger partial charge in [0.25, 0.3) is 0 Å². The van der Waals surface area contributed by atoms with Crippen LogP contribution in [0.4, 0.5) is 0 Å². The van der Waals surface area contributed by atoms with Crippen molar-refractivity contribution in [2.24, 2.45) is 5.73 Å². The van der Waals surface area contributed by atoms with Crippen LogP contribution in [0, 0.1) is 6.92 Å². The van der Waals surface area contributed by atoms with Gasteiger partial charge >= 0.3 is 0 Å². The highest BCUT2D eigenvalue weighted by Gasteiger charge is 2.14. The van der Waals surface area contributed by atoms with Crippen molar-refractivity contribution in [2.75, 3.05) is 0 Å². The van der Waals surface area contributed by atoms with Crippen LogP contribution in [0.15, 0.2) is 24.3 Å². The van der Waals surface area contributed by atoms with Gasteiger partial charge in [-0.3, -0.25) is 0 Å². The van der Waals surface area contributed by atoms with Gasteiger partial charge in [-0.15, -0.1) is 0 Å². The smallest absolute Gasteiger partial charge is 0.01000 e. The van der Waals surface area contributed by atoms with Crippen LogP contribution in [0.1, 0.15) is 64.2 Å². The average molecular weight is 259 g/mol. The molecule has 0 heterocycles. The van der Waals surface area contributed by atoms with Gasteiger partial charge in [0.15, 0.2) is 0 Å². The summed E-state index contributed by atoms with van der Waals surface area (Å²) in [6, 6.07) is 6.75. The Morgan fingerprint density at radius 3 is 2.26 bits per heavy atom. The minimum absolute atomic E-state index is 0.0767. The topological polar surface area (TPSA) is 26.0 Å². The minimum atomic E-state index is -0.0767. The summed E-state index contributed by atoms with van der Waals surface area (Å²) in [7, 11) is 0. The Morgan fingerprint density at radius 2 is 1.74 bits per heavy atom. The maximum atomic E-state index is 5.99. The first-order valence-corrected chi connectivity index (χ1v) is 7.16. The lowest BCUT2D eigenvalue weighted by Crippen LogP contribution is -2.31. The van der Waals surface area contributed by atoms with Crippen molar-refractivity contribution in [3.8, 4) is 0 Å². The molecule has 106 valence electrons. The Morgan fingerprint density at radius 1 is 1.11 bits per heavy atom. The molecule has 0 aliphatic carbocycles. The quantitative estimate of drug-likeness (QED) is 0.824. The van der Waals surface area contributed by atoms with Gasteiger partial charge in [-0.05, 0) is 55.7 Å². The van der Waals surface area contributed by atoms with Crippen LogP contribution >= 0.6 is 0 Å². The zero-order chi connectivity index (χ0) is 14.7. The minimum Gasteiger partial charge on any atom is -0.326 e. The third kappa shape index (κ3) is 5.61. The Hall–Kier alpha value is -1.08. The molecule has 0 bridgehead atoms. The molecular weight excluding hydrogens is 230 g/mol. The molecule has 1 nitrogen and oxygen atoms in total. The Bertz CT molecular complexity index is 442. The largest absolute Gasteiger partial charge is 0.326 e. The zero-order valence-electron chi connectivity index (χ0n) is 13.4. The first-order chi connectivity index (χ1) is 8.59. The zero-order valence-corrected chi connectivity index (χ0v) is 13.4. The first-order valence-electron chi connectivity index (χ1n) is 7.16. The molecule has 0 aromatic heterocycles. The number of benzene rings is 1. The summed E-state index contributed by atoms with van der Waals surface area (Å²) >= 11 is 0. The third-order valence-electron chi connectivity index (χ3n) is 3.40. The molecule has 1 aromatic carbocycles. The van der Waals surface area contributed by atoms with E-state index in [1.807, 2.05) is 0 Å². The second-order valence-electron chi connectivity index (χ2n) is 7.25. The van der Waals surface area contributed by atoms with Crippen LogP contribution in [-0.2, 0) is 5.41 Å². The molecule has 0 saturated carbocycles. The molecule has 19 heavy (non-hydrogen) atoms. The van der Waals surface area contributed by atoms with E-state index in [9.17, 15) is 0 Å². The van der Waals surface area contributed by atoms with Gasteiger partial charge in [0.05, 0.1) is 0 Å². The lowest BCUT2D eigenvalue weighted by atomic mass is 9.85. The van der Waals surface area contributed by atoms with E-state index < -0.39 is 0 Å². The van der Waals surface area contributed by atoms with Gasteiger partial charge in [-0.2, -0.15) is 0 Å². The number of hydrogen-bond donors (Lipinski definition) is 1. The fourth-order valence-electron chi connectivity index (χ4n) is 1.95. The van der Waals surface area contributed by atoms with Crippen LogP contribution in [-0.4, -0.2) is 5.54 Å². The van der Waals surface area contributed by atoms with E-state index in [0.29, 0.717) is 0 Å². The summed E-state index contributed by atoms with van der Waals surface area (Å²) in [6.07, 6.45) is 6.52. The molecule has 0 spiro atoms. The fourth-order valence-corrected chi connectivity index (χ4v) is 1.95. The third-order valence-corrected chi connectivity index (χ3v) is 3.40. The van der Waals surface area contributed by atoms with Crippen LogP contribution in [0.2, 0.25) is 0 Å². The van der Waals surface area contributed by atoms with Crippen LogP contribution in [0.5, 0.6) is 0 Å². The van der Waals surface area contributed by atoms with E-state index in [2.05, 4.69) is 71.9 Å². The predicted octanol–water partition coefficient (Wildman–Crippen LogP) is 4.82. The molecule has 0 radical (unpaired) electrons. The predicted molar refractivity (Wildman–Crippen MR) is 86.4 cm³/mol. The standard InChI is InChI=1S/C18H29N/c1-14-10-11-16(17(2,3)4)13-15(14)9-7-8-12-18(5,6)19/h7,9-11,13H,8,12,19H2,1-6H3/b9-7+. The molecule has 0 saturated heterocycles. The molecule has 0 aliphatic heterocycles. The van der Waals surface area contributed by atoms with Crippen LogP contribution in [0.3, 0.4) is 0 Å². The fraction of sp³-hybridized carbons (Fsp3) is 0.556. The molecule has 1 aromatic rings. The van der Waals surface area contributed by atoms with Crippen molar-refractivity contribution >= 4 is 6.08 Å². The molecule has 0 fully saturated rings. The summed E-state index contributed by atoms with van der Waals surface area (Å²) in [6.45, 7) is 13.1. The number of hydrogen-bond acceptors (Lipinski definition) is 1. The van der Waals surface area contributed by atoms with Crippen molar-refractivity contribution in [2.45, 2.75) is 65.3 Å². The lowest BCUT2D eigenvalue weighted by molar-refractivity contribution is 0.482. The summed E-state index contributed by atoms with van der Waals surface area (Å²) in [5.74, 6) is 0. The van der Waals surface area contributed by atoms with Crippen molar-refractivity contribution in [3.05, 3.63) is 41.0 Å². The second kappa shape index (κ2) is 5.92. The van der Waals surface area contributed by atoms with Crippen molar-refractivity contribution in [3.63, 3.8) is 0 Å². The van der Waals surface area contributed by atoms with Crippen molar-refractivity contribution in [1.29, 1.82) is 0 Å². The molecule has 2 N–H and O–H groups in total. The van der Waals surface area contributed by atoms with Crippen LogP contribution < -0.4 is 5.73 Å². The number of allylic oxidation sites excluding steroid dienone is 1. The summed E-state index contributed by atoms with van der Waals surface area (Å²) in [5, 5.41) is 0. The Labute approximate surface area is 118 Å². The van der Waals surface area contributed by atoms with Gasteiger partial charge in [-0.25, -0.2) is 0 Å². The monoisotopic (exact) mass is 259 g/mol. The van der Waals surface area contributed by atoms with Crippen LogP contribution in [0.25, 0.3) is 6.08 Å². The highest BCUT2D eigenvalue weighted by Crippen LogP contribution is 2.25. The lowest BCUT2D eigenvalue weighted by Gasteiger charge is -2.20. The highest BCUT2D eigenvalue weighted by atomic mass is 14.7. The highest BCUT2D eigenvalue weighted by molar-refractivity contribution is 5.55. The van der Waals surface area contributed by atoms with Crippen molar-refractivity contribution in [1.82, 2.24) is 0 Å². The number of rotatable bonds is 4. The normalized spacial score (nSPS) is 13.2. The SMILES string of the molecule is Cc1ccc(C(C)(C)C)cc1/C=C/CCC(C)(C)N. The molecular formula is C18H29N. The summed E-state index contributed by atoms with van der Waals surface area (Å²) in [4.78, 5) is 0. The van der Waals surface area contributed by atoms with Crippen molar-refractivity contribution < 1.29 is 0 Å². The first kappa shape index (κ1) is 16.0.